The second-order valence-corrected chi connectivity index (χ2v) is 10.5. The molecule has 194 valence electrons. The van der Waals surface area contributed by atoms with Gasteiger partial charge in [-0.05, 0) is 54.7 Å². The van der Waals surface area contributed by atoms with Crippen molar-refractivity contribution in [3.8, 4) is 0 Å². The zero-order valence-corrected chi connectivity index (χ0v) is 22.7. The molecule has 2 aromatic carbocycles. The van der Waals surface area contributed by atoms with Crippen LogP contribution in [0.2, 0.25) is 0 Å². The summed E-state index contributed by atoms with van der Waals surface area (Å²) < 4.78 is 0. The lowest BCUT2D eigenvalue weighted by atomic mass is 9.99. The molecule has 1 heterocycles. The molecule has 0 radical (unpaired) electrons. The number of carbonyl (C=O) groups is 1. The van der Waals surface area contributed by atoms with Crippen LogP contribution >= 0.6 is 24.2 Å². The zero-order chi connectivity index (χ0) is 26.2. The molecule has 0 aromatic heterocycles. The molecule has 5 rings (SSSR count). The van der Waals surface area contributed by atoms with Crippen LogP contribution in [-0.2, 0) is 4.79 Å². The van der Waals surface area contributed by atoms with E-state index in [2.05, 4.69) is 22.8 Å². The maximum atomic E-state index is 13.4. The number of amides is 1. The van der Waals surface area contributed by atoms with Crippen LogP contribution in [0.3, 0.4) is 0 Å². The van der Waals surface area contributed by atoms with Crippen molar-refractivity contribution in [3.05, 3.63) is 88.6 Å². The van der Waals surface area contributed by atoms with Gasteiger partial charge >= 0.3 is 0 Å². The van der Waals surface area contributed by atoms with Crippen molar-refractivity contribution in [2.24, 2.45) is 5.73 Å². The quantitative estimate of drug-likeness (QED) is 0.194. The Morgan fingerprint density at radius 2 is 1.78 bits per heavy atom. The summed E-state index contributed by atoms with van der Waals surface area (Å²) in [5, 5.41) is 11.4. The summed E-state index contributed by atoms with van der Waals surface area (Å²) in [4.78, 5) is 16.3. The van der Waals surface area contributed by atoms with Gasteiger partial charge in [-0.25, -0.2) is 0 Å². The molecule has 37 heavy (non-hydrogen) atoms. The number of piperidine rings is 1. The van der Waals surface area contributed by atoms with Crippen molar-refractivity contribution in [3.63, 3.8) is 0 Å². The maximum absolute atomic E-state index is 13.4. The molecule has 1 unspecified atom stereocenters. The van der Waals surface area contributed by atoms with Crippen LogP contribution in [0.1, 0.15) is 62.5 Å². The molecule has 1 atom stereocenters. The summed E-state index contributed by atoms with van der Waals surface area (Å²) in [5.41, 5.74) is 9.88. The topological polar surface area (TPSA) is 82.2 Å². The molecule has 1 amide bonds. The Morgan fingerprint density at radius 3 is 2.49 bits per heavy atom. The van der Waals surface area contributed by atoms with Crippen LogP contribution in [0.25, 0.3) is 5.57 Å². The largest absolute Gasteiger partial charge is 0.384 e. The number of amidine groups is 1. The lowest BCUT2D eigenvalue weighted by Gasteiger charge is -2.36. The summed E-state index contributed by atoms with van der Waals surface area (Å²) in [7, 11) is 0. The normalized spacial score (nSPS) is 19.1. The van der Waals surface area contributed by atoms with Gasteiger partial charge in [0, 0.05) is 34.1 Å². The van der Waals surface area contributed by atoms with Crippen molar-refractivity contribution in [2.75, 3.05) is 11.4 Å². The Labute approximate surface area is 230 Å². The fourth-order valence-corrected chi connectivity index (χ4v) is 4.98. The summed E-state index contributed by atoms with van der Waals surface area (Å²) >= 11 is 11.1. The van der Waals surface area contributed by atoms with E-state index in [1.54, 1.807) is 6.07 Å². The number of thiol groups is 1. The van der Waals surface area contributed by atoms with Gasteiger partial charge in [-0.15, -0.1) is 12.6 Å². The van der Waals surface area contributed by atoms with E-state index in [0.717, 1.165) is 47.5 Å². The first-order chi connectivity index (χ1) is 17.9. The molecule has 3 aliphatic rings. The number of benzene rings is 2. The smallest absolute Gasteiger partial charge is 0.247 e. The molecule has 0 bridgehead atoms. The molecular formula is C30H35ClN4OS. The van der Waals surface area contributed by atoms with Gasteiger partial charge in [0.2, 0.25) is 5.91 Å². The summed E-state index contributed by atoms with van der Waals surface area (Å²) in [6, 6.07) is 15.1. The lowest BCUT2D eigenvalue weighted by Crippen LogP contribution is -2.49. The first-order valence-corrected chi connectivity index (χ1v) is 13.8. The standard InChI is InChI=1S/C26H27ClN4OS.C4H8/c27-21-13-11-17(20-8-1-2-10-24(20)33)12-14-22(21)30-26(32)23-9-3-4-15-31(23)19-7-5-6-18(16-19)25(28)29;1-2-4-3-1/h1-2,5-8,10-12,14,16,23,33H,3-4,9,13,15H2,(H3,28,29)(H,30,32);1-4H2. The fourth-order valence-electron chi connectivity index (χ4n) is 4.50. The molecular weight excluding hydrogens is 500 g/mol. The van der Waals surface area contributed by atoms with Gasteiger partial charge < -0.3 is 16.0 Å². The molecule has 1 saturated heterocycles. The summed E-state index contributed by atoms with van der Waals surface area (Å²) in [6.07, 6.45) is 15.1. The van der Waals surface area contributed by atoms with E-state index in [9.17, 15) is 4.79 Å². The van der Waals surface area contributed by atoms with Crippen LogP contribution in [0.15, 0.2) is 82.4 Å². The van der Waals surface area contributed by atoms with Gasteiger partial charge in [0.15, 0.2) is 0 Å². The molecule has 0 spiro atoms. The van der Waals surface area contributed by atoms with Crippen molar-refractivity contribution < 1.29 is 4.79 Å². The van der Waals surface area contributed by atoms with E-state index in [1.807, 2.05) is 60.7 Å². The van der Waals surface area contributed by atoms with Crippen molar-refractivity contribution >= 4 is 47.2 Å². The highest BCUT2D eigenvalue weighted by Gasteiger charge is 2.30. The van der Waals surface area contributed by atoms with E-state index in [4.69, 9.17) is 22.7 Å². The predicted octanol–water partition coefficient (Wildman–Crippen LogP) is 6.79. The highest BCUT2D eigenvalue weighted by molar-refractivity contribution is 7.80. The first kappa shape index (κ1) is 27.1. The predicted molar refractivity (Wildman–Crippen MR) is 157 cm³/mol. The minimum atomic E-state index is -0.319. The van der Waals surface area contributed by atoms with Crippen LogP contribution in [-0.4, -0.2) is 24.3 Å². The Bertz CT molecular complexity index is 1230. The number of halogens is 1. The number of nitrogens with one attached hydrogen (secondary N) is 2. The highest BCUT2D eigenvalue weighted by Crippen LogP contribution is 2.30. The third-order valence-electron chi connectivity index (χ3n) is 6.99. The number of carbonyl (C=O) groups excluding carboxylic acids is 1. The monoisotopic (exact) mass is 534 g/mol. The molecule has 2 fully saturated rings. The maximum Gasteiger partial charge on any atom is 0.247 e. The van der Waals surface area contributed by atoms with Gasteiger partial charge in [-0.1, -0.05) is 79.8 Å². The zero-order valence-electron chi connectivity index (χ0n) is 21.1. The fraction of sp³-hybridized carbons (Fsp3) is 0.333. The van der Waals surface area contributed by atoms with Gasteiger partial charge in [-0.3, -0.25) is 10.2 Å². The van der Waals surface area contributed by atoms with E-state index < -0.39 is 0 Å². The van der Waals surface area contributed by atoms with Crippen LogP contribution < -0.4 is 16.0 Å². The van der Waals surface area contributed by atoms with Crippen molar-refractivity contribution in [1.82, 2.24) is 5.32 Å². The number of rotatable bonds is 5. The Morgan fingerprint density at radius 1 is 1.03 bits per heavy atom. The van der Waals surface area contributed by atoms with Gasteiger partial charge in [0.1, 0.15) is 11.9 Å². The SMILES string of the molecule is C1CCC1.N=C(N)c1cccc(N2CCCCC2C(=O)NC2=C(Cl)CC=C(c3ccccc3S)C=C2)c1. The average Bonchev–Trinajstić information content (AvgIpc) is 3.05. The van der Waals surface area contributed by atoms with Gasteiger partial charge in [-0.2, -0.15) is 0 Å². The number of anilines is 1. The number of nitrogens with two attached hydrogens (primary N) is 1. The van der Waals surface area contributed by atoms with E-state index in [1.165, 1.54) is 25.7 Å². The van der Waals surface area contributed by atoms with E-state index in [-0.39, 0.29) is 17.8 Å². The van der Waals surface area contributed by atoms with Crippen LogP contribution in [0.4, 0.5) is 5.69 Å². The first-order valence-electron chi connectivity index (χ1n) is 13.0. The number of hydrogen-bond acceptors (Lipinski definition) is 4. The van der Waals surface area contributed by atoms with Crippen LogP contribution in [0.5, 0.6) is 0 Å². The molecule has 2 aliphatic carbocycles. The second kappa shape index (κ2) is 13.0. The third-order valence-corrected chi connectivity index (χ3v) is 7.74. The van der Waals surface area contributed by atoms with Crippen molar-refractivity contribution in [2.45, 2.75) is 62.3 Å². The number of nitrogens with zero attached hydrogens (tertiary/aromatic N) is 1. The minimum Gasteiger partial charge on any atom is -0.384 e. The molecule has 1 aliphatic heterocycles. The summed E-state index contributed by atoms with van der Waals surface area (Å²) in [6.45, 7) is 0.770. The van der Waals surface area contributed by atoms with E-state index in [0.29, 0.717) is 22.7 Å². The van der Waals surface area contributed by atoms with Gasteiger partial charge in [0.25, 0.3) is 0 Å². The number of nitrogen functional groups attached to an aromatic ring is 1. The van der Waals surface area contributed by atoms with Gasteiger partial charge in [0.05, 0.1) is 5.70 Å². The van der Waals surface area contributed by atoms with Crippen molar-refractivity contribution in [1.29, 1.82) is 5.41 Å². The molecule has 4 N–H and O–H groups in total. The Kier molecular flexibility index (Phi) is 9.53. The highest BCUT2D eigenvalue weighted by atomic mass is 35.5. The minimum absolute atomic E-state index is 0.0153. The molecule has 5 nitrogen and oxygen atoms in total. The molecule has 1 saturated carbocycles. The summed E-state index contributed by atoms with van der Waals surface area (Å²) in [5.74, 6) is -0.0692. The van der Waals surface area contributed by atoms with E-state index >= 15 is 0 Å². The number of hydrogen-bond donors (Lipinski definition) is 4. The average molecular weight is 535 g/mol. The number of allylic oxidation sites excluding steroid dienone is 5. The Hall–Kier alpha value is -2.96. The molecule has 2 aromatic rings. The van der Waals surface area contributed by atoms with Crippen LogP contribution in [0, 0.1) is 5.41 Å². The second-order valence-electron chi connectivity index (χ2n) is 9.61. The Balaban J connectivity index is 0.000000730. The molecule has 7 heteroatoms. The third kappa shape index (κ3) is 7.08. The lowest BCUT2D eigenvalue weighted by molar-refractivity contribution is -0.122.